The van der Waals surface area contributed by atoms with Crippen LogP contribution in [0.25, 0.3) is 21.7 Å². The van der Waals surface area contributed by atoms with Crippen LogP contribution < -0.4 is 5.73 Å². The van der Waals surface area contributed by atoms with Crippen LogP contribution in [0, 0.1) is 0 Å². The summed E-state index contributed by atoms with van der Waals surface area (Å²) in [5, 5.41) is 2.03. The molecule has 0 radical (unpaired) electrons. The number of nitrogen functional groups attached to an aromatic ring is 1. The molecule has 0 aromatic carbocycles. The Balaban J connectivity index is 2.22. The number of thiophene rings is 1. The minimum atomic E-state index is 0.272. The summed E-state index contributed by atoms with van der Waals surface area (Å²) < 4.78 is 0. The highest BCUT2D eigenvalue weighted by Gasteiger charge is 2.11. The molecule has 5 heteroatoms. The smallest absolute Gasteiger partial charge is 0.220 e. The molecule has 4 nitrogen and oxygen atoms in total. The van der Waals surface area contributed by atoms with Gasteiger partial charge < -0.3 is 5.73 Å². The summed E-state index contributed by atoms with van der Waals surface area (Å²) in [6.07, 6.45) is 5.27. The Labute approximate surface area is 108 Å². The van der Waals surface area contributed by atoms with E-state index in [1.54, 1.807) is 29.9 Å². The normalized spacial score (nSPS) is 10.4. The summed E-state index contributed by atoms with van der Waals surface area (Å²) in [5.41, 5.74) is 8.42. The van der Waals surface area contributed by atoms with Crippen LogP contribution in [-0.2, 0) is 0 Å². The summed E-state index contributed by atoms with van der Waals surface area (Å²) >= 11 is 1.65. The summed E-state index contributed by atoms with van der Waals surface area (Å²) in [6, 6.07) is 7.89. The van der Waals surface area contributed by atoms with Gasteiger partial charge in [0.1, 0.15) is 0 Å². The first-order valence-electron chi connectivity index (χ1n) is 5.41. The van der Waals surface area contributed by atoms with Crippen LogP contribution in [0.3, 0.4) is 0 Å². The van der Waals surface area contributed by atoms with E-state index in [-0.39, 0.29) is 5.95 Å². The van der Waals surface area contributed by atoms with Gasteiger partial charge in [-0.1, -0.05) is 6.07 Å². The molecule has 0 saturated carbocycles. The van der Waals surface area contributed by atoms with Crippen molar-refractivity contribution in [3.63, 3.8) is 0 Å². The van der Waals surface area contributed by atoms with E-state index in [4.69, 9.17) is 5.73 Å². The molecular formula is C13H10N4S. The van der Waals surface area contributed by atoms with E-state index in [9.17, 15) is 0 Å². The van der Waals surface area contributed by atoms with Gasteiger partial charge in [0.25, 0.3) is 0 Å². The SMILES string of the molecule is Nc1ncc(-c2cccs2)c(-c2cccnc2)n1. The number of anilines is 1. The second-order valence-electron chi connectivity index (χ2n) is 3.71. The van der Waals surface area contributed by atoms with Crippen molar-refractivity contribution in [1.82, 2.24) is 15.0 Å². The van der Waals surface area contributed by atoms with Crippen LogP contribution in [0.5, 0.6) is 0 Å². The third-order valence-electron chi connectivity index (χ3n) is 2.53. The number of nitrogens with two attached hydrogens (primary N) is 1. The highest BCUT2D eigenvalue weighted by atomic mass is 32.1. The molecule has 0 saturated heterocycles. The highest BCUT2D eigenvalue weighted by molar-refractivity contribution is 7.13. The molecule has 0 unspecified atom stereocenters. The number of hydrogen-bond acceptors (Lipinski definition) is 5. The second-order valence-corrected chi connectivity index (χ2v) is 4.66. The van der Waals surface area contributed by atoms with Crippen molar-refractivity contribution < 1.29 is 0 Å². The molecule has 0 aliphatic carbocycles. The Kier molecular flexibility index (Phi) is 2.74. The van der Waals surface area contributed by atoms with E-state index in [1.165, 1.54) is 0 Å². The molecule has 0 bridgehead atoms. The van der Waals surface area contributed by atoms with E-state index >= 15 is 0 Å². The minimum Gasteiger partial charge on any atom is -0.368 e. The van der Waals surface area contributed by atoms with Crippen molar-refractivity contribution in [2.75, 3.05) is 5.73 Å². The maximum atomic E-state index is 5.68. The lowest BCUT2D eigenvalue weighted by Crippen LogP contribution is -1.98. The molecule has 3 heterocycles. The standard InChI is InChI=1S/C13H10N4S/c14-13-16-8-10(11-4-2-6-18-11)12(17-13)9-3-1-5-15-7-9/h1-8H,(H2,14,16,17). The molecule has 0 atom stereocenters. The van der Waals surface area contributed by atoms with Gasteiger partial charge in [-0.2, -0.15) is 0 Å². The van der Waals surface area contributed by atoms with Crippen molar-refractivity contribution in [3.8, 4) is 21.7 Å². The molecule has 0 amide bonds. The number of nitrogens with zero attached hydrogens (tertiary/aromatic N) is 3. The maximum absolute atomic E-state index is 5.68. The van der Waals surface area contributed by atoms with E-state index in [1.807, 2.05) is 29.6 Å². The van der Waals surface area contributed by atoms with Gasteiger partial charge in [0.05, 0.1) is 5.69 Å². The van der Waals surface area contributed by atoms with Gasteiger partial charge in [0, 0.05) is 34.6 Å². The number of hydrogen-bond donors (Lipinski definition) is 1. The Bertz CT molecular complexity index is 650. The molecular weight excluding hydrogens is 244 g/mol. The maximum Gasteiger partial charge on any atom is 0.220 e. The van der Waals surface area contributed by atoms with E-state index in [0.717, 1.165) is 21.7 Å². The van der Waals surface area contributed by atoms with Crippen LogP contribution in [-0.4, -0.2) is 15.0 Å². The van der Waals surface area contributed by atoms with Gasteiger partial charge in [-0.15, -0.1) is 11.3 Å². The van der Waals surface area contributed by atoms with Crippen molar-refractivity contribution in [2.45, 2.75) is 0 Å². The molecule has 0 spiro atoms. The van der Waals surface area contributed by atoms with Crippen molar-refractivity contribution in [1.29, 1.82) is 0 Å². The van der Waals surface area contributed by atoms with Crippen molar-refractivity contribution in [3.05, 3.63) is 48.2 Å². The largest absolute Gasteiger partial charge is 0.368 e. The van der Waals surface area contributed by atoms with Crippen LogP contribution in [0.2, 0.25) is 0 Å². The van der Waals surface area contributed by atoms with E-state index in [2.05, 4.69) is 15.0 Å². The summed E-state index contributed by atoms with van der Waals surface area (Å²) in [5.74, 6) is 0.272. The van der Waals surface area contributed by atoms with Gasteiger partial charge in [0.15, 0.2) is 0 Å². The summed E-state index contributed by atoms with van der Waals surface area (Å²) in [7, 11) is 0. The fourth-order valence-corrected chi connectivity index (χ4v) is 2.47. The van der Waals surface area contributed by atoms with Crippen LogP contribution in [0.4, 0.5) is 5.95 Å². The lowest BCUT2D eigenvalue weighted by atomic mass is 10.1. The molecule has 0 aliphatic rings. The van der Waals surface area contributed by atoms with Crippen LogP contribution in [0.15, 0.2) is 48.2 Å². The van der Waals surface area contributed by atoms with Gasteiger partial charge in [0.2, 0.25) is 5.95 Å². The highest BCUT2D eigenvalue weighted by Crippen LogP contribution is 2.32. The lowest BCUT2D eigenvalue weighted by Gasteiger charge is -2.07. The van der Waals surface area contributed by atoms with Crippen LogP contribution >= 0.6 is 11.3 Å². The third kappa shape index (κ3) is 1.96. The first kappa shape index (κ1) is 10.9. The van der Waals surface area contributed by atoms with Gasteiger partial charge in [-0.05, 0) is 23.6 Å². The zero-order chi connectivity index (χ0) is 12.4. The van der Waals surface area contributed by atoms with E-state index in [0.29, 0.717) is 0 Å². The molecule has 3 rings (SSSR count). The minimum absolute atomic E-state index is 0.272. The fraction of sp³-hybridized carbons (Fsp3) is 0. The zero-order valence-electron chi connectivity index (χ0n) is 9.45. The fourth-order valence-electron chi connectivity index (χ4n) is 1.73. The predicted octanol–water partition coefficient (Wildman–Crippen LogP) is 2.85. The molecule has 2 N–H and O–H groups in total. The Morgan fingerprint density at radius 2 is 2.06 bits per heavy atom. The van der Waals surface area contributed by atoms with Gasteiger partial charge >= 0.3 is 0 Å². The number of pyridine rings is 1. The quantitative estimate of drug-likeness (QED) is 0.763. The second kappa shape index (κ2) is 4.54. The van der Waals surface area contributed by atoms with Crippen LogP contribution in [0.1, 0.15) is 0 Å². The molecule has 3 aromatic heterocycles. The van der Waals surface area contributed by atoms with Crippen molar-refractivity contribution >= 4 is 17.3 Å². The zero-order valence-corrected chi connectivity index (χ0v) is 10.3. The average Bonchev–Trinajstić information content (AvgIpc) is 2.93. The summed E-state index contributed by atoms with van der Waals surface area (Å²) in [4.78, 5) is 13.6. The van der Waals surface area contributed by atoms with E-state index < -0.39 is 0 Å². The van der Waals surface area contributed by atoms with Gasteiger partial charge in [-0.3, -0.25) is 4.98 Å². The number of rotatable bonds is 2. The van der Waals surface area contributed by atoms with Gasteiger partial charge in [-0.25, -0.2) is 9.97 Å². The Hall–Kier alpha value is -2.27. The summed E-state index contributed by atoms with van der Waals surface area (Å²) in [6.45, 7) is 0. The first-order chi connectivity index (χ1) is 8.84. The Morgan fingerprint density at radius 1 is 1.11 bits per heavy atom. The molecule has 0 fully saturated rings. The monoisotopic (exact) mass is 254 g/mol. The lowest BCUT2D eigenvalue weighted by molar-refractivity contribution is 1.19. The number of aromatic nitrogens is 3. The molecule has 0 aliphatic heterocycles. The Morgan fingerprint density at radius 3 is 2.78 bits per heavy atom. The van der Waals surface area contributed by atoms with Crippen molar-refractivity contribution in [2.24, 2.45) is 0 Å². The predicted molar refractivity (Wildman–Crippen MR) is 73.0 cm³/mol. The molecule has 18 heavy (non-hydrogen) atoms. The topological polar surface area (TPSA) is 64.7 Å². The third-order valence-corrected chi connectivity index (χ3v) is 3.43. The average molecular weight is 254 g/mol. The first-order valence-corrected chi connectivity index (χ1v) is 6.29. The molecule has 3 aromatic rings. The molecule has 88 valence electrons.